The predicted octanol–water partition coefficient (Wildman–Crippen LogP) is 1.84. The molecule has 0 spiro atoms. The van der Waals surface area contributed by atoms with Gasteiger partial charge in [-0.2, -0.15) is 0 Å². The van der Waals surface area contributed by atoms with Crippen LogP contribution >= 0.6 is 15.9 Å². The second-order valence-electron chi connectivity index (χ2n) is 3.35. The van der Waals surface area contributed by atoms with Gasteiger partial charge in [-0.25, -0.2) is 17.9 Å². The summed E-state index contributed by atoms with van der Waals surface area (Å²) in [5.74, 6) is -1.16. The molecule has 0 unspecified atom stereocenters. The smallest absolute Gasteiger partial charge is 0.335 e. The van der Waals surface area contributed by atoms with Crippen molar-refractivity contribution >= 4 is 31.9 Å². The Morgan fingerprint density at radius 1 is 1.47 bits per heavy atom. The number of sulfonamides is 1. The maximum Gasteiger partial charge on any atom is 0.335 e. The van der Waals surface area contributed by atoms with Crippen LogP contribution in [0.15, 0.2) is 27.6 Å². The Morgan fingerprint density at radius 2 is 2.12 bits per heavy atom. The number of hydrogen-bond donors (Lipinski definition) is 2. The fourth-order valence-corrected chi connectivity index (χ4v) is 3.28. The molecule has 0 amide bonds. The average molecular weight is 322 g/mol. The zero-order valence-electron chi connectivity index (χ0n) is 9.10. The van der Waals surface area contributed by atoms with E-state index in [0.29, 0.717) is 17.4 Å². The van der Waals surface area contributed by atoms with Gasteiger partial charge < -0.3 is 5.11 Å². The quantitative estimate of drug-likeness (QED) is 0.866. The highest BCUT2D eigenvalue weighted by Crippen LogP contribution is 2.23. The highest BCUT2D eigenvalue weighted by atomic mass is 79.9. The van der Waals surface area contributed by atoms with Crippen molar-refractivity contribution in [2.75, 3.05) is 6.54 Å². The standard InChI is InChI=1S/C10H12BrNO4S/c1-2-5-12-17(15,16)9-6-7(10(13)14)3-4-8(9)11/h3-4,6,12H,2,5H2,1H3,(H,13,14). The molecule has 0 atom stereocenters. The predicted molar refractivity (Wildman–Crippen MR) is 66.6 cm³/mol. The van der Waals surface area contributed by atoms with Gasteiger partial charge in [-0.3, -0.25) is 0 Å². The third-order valence-electron chi connectivity index (χ3n) is 2.01. The van der Waals surface area contributed by atoms with E-state index in [-0.39, 0.29) is 10.5 Å². The van der Waals surface area contributed by atoms with Gasteiger partial charge in [-0.05, 0) is 40.5 Å². The number of nitrogens with one attached hydrogen (secondary N) is 1. The Bertz CT molecular complexity index is 527. The topological polar surface area (TPSA) is 83.5 Å². The van der Waals surface area contributed by atoms with E-state index in [2.05, 4.69) is 20.7 Å². The highest BCUT2D eigenvalue weighted by Gasteiger charge is 2.18. The molecule has 0 bridgehead atoms. The van der Waals surface area contributed by atoms with E-state index in [0.717, 1.165) is 6.07 Å². The first-order valence-corrected chi connectivity index (χ1v) is 7.18. The van der Waals surface area contributed by atoms with Crippen LogP contribution in [0.1, 0.15) is 23.7 Å². The van der Waals surface area contributed by atoms with Crippen molar-refractivity contribution in [1.29, 1.82) is 0 Å². The van der Waals surface area contributed by atoms with Crippen LogP contribution in [0.25, 0.3) is 0 Å². The molecule has 1 aromatic rings. The van der Waals surface area contributed by atoms with Crippen molar-refractivity contribution in [1.82, 2.24) is 4.72 Å². The van der Waals surface area contributed by atoms with Crippen molar-refractivity contribution in [2.24, 2.45) is 0 Å². The molecule has 0 aromatic heterocycles. The zero-order valence-corrected chi connectivity index (χ0v) is 11.5. The maximum atomic E-state index is 11.9. The lowest BCUT2D eigenvalue weighted by atomic mass is 10.2. The van der Waals surface area contributed by atoms with E-state index in [1.54, 1.807) is 0 Å². The van der Waals surface area contributed by atoms with E-state index in [1.807, 2.05) is 6.92 Å². The molecule has 1 aromatic carbocycles. The maximum absolute atomic E-state index is 11.9. The van der Waals surface area contributed by atoms with Crippen molar-refractivity contribution in [3.05, 3.63) is 28.2 Å². The molecule has 0 saturated carbocycles. The van der Waals surface area contributed by atoms with Gasteiger partial charge in [0.05, 0.1) is 10.5 Å². The molecule has 5 nitrogen and oxygen atoms in total. The van der Waals surface area contributed by atoms with Crippen molar-refractivity contribution < 1.29 is 18.3 Å². The number of carboxylic acids is 1. The summed E-state index contributed by atoms with van der Waals surface area (Å²) in [5.41, 5.74) is -0.0647. The minimum absolute atomic E-state index is 0.0640. The molecule has 0 heterocycles. The number of carboxylic acid groups (broad SMARTS) is 1. The number of carbonyl (C=O) groups is 1. The van der Waals surface area contributed by atoms with Gasteiger partial charge in [-0.1, -0.05) is 6.92 Å². The molecule has 2 N–H and O–H groups in total. The number of rotatable bonds is 5. The third-order valence-corrected chi connectivity index (χ3v) is 4.46. The van der Waals surface area contributed by atoms with Crippen LogP contribution in [-0.4, -0.2) is 26.0 Å². The van der Waals surface area contributed by atoms with Crippen LogP contribution in [0.5, 0.6) is 0 Å². The van der Waals surface area contributed by atoms with E-state index in [1.165, 1.54) is 12.1 Å². The van der Waals surface area contributed by atoms with Crippen molar-refractivity contribution in [2.45, 2.75) is 18.2 Å². The van der Waals surface area contributed by atoms with Gasteiger partial charge in [-0.15, -0.1) is 0 Å². The monoisotopic (exact) mass is 321 g/mol. The van der Waals surface area contributed by atoms with E-state index >= 15 is 0 Å². The minimum atomic E-state index is -3.67. The molecular weight excluding hydrogens is 310 g/mol. The Balaban J connectivity index is 3.20. The summed E-state index contributed by atoms with van der Waals surface area (Å²) in [6.45, 7) is 2.15. The average Bonchev–Trinajstić information content (AvgIpc) is 2.26. The Morgan fingerprint density at radius 3 is 2.65 bits per heavy atom. The molecule has 0 aliphatic carbocycles. The van der Waals surface area contributed by atoms with E-state index in [9.17, 15) is 13.2 Å². The summed E-state index contributed by atoms with van der Waals surface area (Å²) >= 11 is 3.10. The number of halogens is 1. The summed E-state index contributed by atoms with van der Waals surface area (Å²) in [7, 11) is -3.67. The summed E-state index contributed by atoms with van der Waals surface area (Å²) < 4.78 is 26.4. The van der Waals surface area contributed by atoms with E-state index < -0.39 is 16.0 Å². The largest absolute Gasteiger partial charge is 0.478 e. The van der Waals surface area contributed by atoms with Crippen LogP contribution in [0.3, 0.4) is 0 Å². The highest BCUT2D eigenvalue weighted by molar-refractivity contribution is 9.10. The molecule has 0 fully saturated rings. The first-order chi connectivity index (χ1) is 7.88. The summed E-state index contributed by atoms with van der Waals surface area (Å²) in [5, 5.41) is 8.81. The third kappa shape index (κ3) is 3.52. The Hall–Kier alpha value is -0.920. The second-order valence-corrected chi connectivity index (χ2v) is 5.94. The molecule has 94 valence electrons. The number of aromatic carboxylic acids is 1. The molecular formula is C10H12BrNO4S. The number of benzene rings is 1. The lowest BCUT2D eigenvalue weighted by Crippen LogP contribution is -2.25. The van der Waals surface area contributed by atoms with E-state index in [4.69, 9.17) is 5.11 Å². The molecule has 17 heavy (non-hydrogen) atoms. The SMILES string of the molecule is CCCNS(=O)(=O)c1cc(C(=O)O)ccc1Br. The molecule has 0 aliphatic rings. The normalized spacial score (nSPS) is 11.4. The summed E-state index contributed by atoms with van der Waals surface area (Å²) in [6, 6.07) is 3.87. The first kappa shape index (κ1) is 14.1. The van der Waals surface area contributed by atoms with Gasteiger partial charge in [0.15, 0.2) is 0 Å². The van der Waals surface area contributed by atoms with Gasteiger partial charge in [0.1, 0.15) is 0 Å². The fourth-order valence-electron chi connectivity index (χ4n) is 1.16. The summed E-state index contributed by atoms with van der Waals surface area (Å²) in [4.78, 5) is 10.7. The minimum Gasteiger partial charge on any atom is -0.478 e. The van der Waals surface area contributed by atoms with Crippen LogP contribution in [0, 0.1) is 0 Å². The lowest BCUT2D eigenvalue weighted by Gasteiger charge is -2.08. The fraction of sp³-hybridized carbons (Fsp3) is 0.300. The van der Waals surface area contributed by atoms with Crippen LogP contribution < -0.4 is 4.72 Å². The first-order valence-electron chi connectivity index (χ1n) is 4.91. The van der Waals surface area contributed by atoms with Crippen LogP contribution in [0.4, 0.5) is 0 Å². The Labute approximate surface area is 108 Å². The molecule has 7 heteroatoms. The van der Waals surface area contributed by atoms with Gasteiger partial charge in [0.2, 0.25) is 10.0 Å². The van der Waals surface area contributed by atoms with Gasteiger partial charge in [0, 0.05) is 11.0 Å². The summed E-state index contributed by atoms with van der Waals surface area (Å²) in [6.07, 6.45) is 0.662. The molecule has 0 radical (unpaired) electrons. The zero-order chi connectivity index (χ0) is 13.1. The molecule has 0 aliphatic heterocycles. The van der Waals surface area contributed by atoms with Gasteiger partial charge >= 0.3 is 5.97 Å². The molecule has 1 rings (SSSR count). The van der Waals surface area contributed by atoms with Crippen molar-refractivity contribution in [3.8, 4) is 0 Å². The van der Waals surface area contributed by atoms with Crippen molar-refractivity contribution in [3.63, 3.8) is 0 Å². The van der Waals surface area contributed by atoms with Crippen LogP contribution in [-0.2, 0) is 10.0 Å². The lowest BCUT2D eigenvalue weighted by molar-refractivity contribution is 0.0696. The van der Waals surface area contributed by atoms with Crippen LogP contribution in [0.2, 0.25) is 0 Å². The van der Waals surface area contributed by atoms with Gasteiger partial charge in [0.25, 0.3) is 0 Å². The second kappa shape index (κ2) is 5.61. The Kier molecular flexibility index (Phi) is 4.67. The number of hydrogen-bond acceptors (Lipinski definition) is 3. The molecule has 0 saturated heterocycles.